The second-order valence-electron chi connectivity index (χ2n) is 5.34. The highest BCUT2D eigenvalue weighted by molar-refractivity contribution is 6.30. The first-order valence-electron chi connectivity index (χ1n) is 7.06. The van der Waals surface area contributed by atoms with Crippen LogP contribution in [0.3, 0.4) is 0 Å². The van der Waals surface area contributed by atoms with Crippen molar-refractivity contribution < 1.29 is 14.1 Å². The van der Waals surface area contributed by atoms with Crippen molar-refractivity contribution in [1.29, 1.82) is 0 Å². The van der Waals surface area contributed by atoms with E-state index in [4.69, 9.17) is 16.1 Å². The van der Waals surface area contributed by atoms with Crippen molar-refractivity contribution >= 4 is 23.2 Å². The van der Waals surface area contributed by atoms with Crippen molar-refractivity contribution in [3.05, 3.63) is 87.3 Å². The molecule has 0 amide bonds. The maximum absolute atomic E-state index is 12.7. The molecule has 1 aromatic heterocycles. The lowest BCUT2D eigenvalue weighted by Gasteiger charge is -2.12. The van der Waals surface area contributed by atoms with E-state index in [0.29, 0.717) is 28.3 Å². The van der Waals surface area contributed by atoms with Gasteiger partial charge < -0.3 is 4.52 Å². The average molecular weight is 324 g/mol. The fraction of sp³-hybridized carbons (Fsp3) is 0.0556. The number of rotatable bonds is 2. The predicted molar refractivity (Wildman–Crippen MR) is 84.1 cm³/mol. The van der Waals surface area contributed by atoms with E-state index < -0.39 is 0 Å². The Kier molecular flexibility index (Phi) is 3.13. The number of benzene rings is 2. The fourth-order valence-electron chi connectivity index (χ4n) is 2.76. The van der Waals surface area contributed by atoms with Crippen molar-refractivity contribution in [3.8, 4) is 0 Å². The Hall–Kier alpha value is -2.72. The smallest absolute Gasteiger partial charge is 0.232 e. The Morgan fingerprint density at radius 1 is 0.913 bits per heavy atom. The molecule has 1 aliphatic carbocycles. The van der Waals surface area contributed by atoms with E-state index in [1.165, 1.54) is 0 Å². The van der Waals surface area contributed by atoms with Gasteiger partial charge in [-0.1, -0.05) is 53.2 Å². The molecule has 0 radical (unpaired) electrons. The zero-order chi connectivity index (χ0) is 16.0. The van der Waals surface area contributed by atoms with Gasteiger partial charge in [0, 0.05) is 22.6 Å². The number of fused-ring (bicyclic) bond motifs is 2. The molecular formula is C18H10ClNO3. The molecule has 23 heavy (non-hydrogen) atoms. The maximum Gasteiger partial charge on any atom is 0.232 e. The zero-order valence-corrected chi connectivity index (χ0v) is 12.6. The quantitative estimate of drug-likeness (QED) is 0.564. The number of carbonyl (C=O) groups is 2. The minimum absolute atomic E-state index is 0.0256. The summed E-state index contributed by atoms with van der Waals surface area (Å²) in [6.45, 7) is 0. The number of aromatic nitrogens is 1. The molecule has 4 rings (SSSR count). The molecule has 5 heteroatoms. The van der Waals surface area contributed by atoms with Crippen molar-refractivity contribution in [3.63, 3.8) is 0 Å². The molecule has 0 fully saturated rings. The van der Waals surface area contributed by atoms with Crippen LogP contribution in [0, 0.1) is 0 Å². The monoisotopic (exact) mass is 323 g/mol. The van der Waals surface area contributed by atoms with Crippen LogP contribution in [0.2, 0.25) is 5.02 Å². The van der Waals surface area contributed by atoms with Gasteiger partial charge in [-0.25, -0.2) is 0 Å². The highest BCUT2D eigenvalue weighted by Crippen LogP contribution is 2.30. The third-order valence-electron chi connectivity index (χ3n) is 3.90. The Balaban J connectivity index is 1.79. The average Bonchev–Trinajstić information content (AvgIpc) is 2.99. The first kappa shape index (κ1) is 13.9. The van der Waals surface area contributed by atoms with Crippen LogP contribution in [0.15, 0.2) is 53.1 Å². The van der Waals surface area contributed by atoms with E-state index >= 15 is 0 Å². The fourth-order valence-corrected chi connectivity index (χ4v) is 2.89. The lowest BCUT2D eigenvalue weighted by molar-refractivity contribution is 0.0955. The van der Waals surface area contributed by atoms with Gasteiger partial charge in [0.15, 0.2) is 5.78 Å². The molecule has 0 saturated heterocycles. The molecule has 0 aliphatic heterocycles. The lowest BCUT2D eigenvalue weighted by Crippen LogP contribution is -2.20. The molecule has 2 aromatic carbocycles. The van der Waals surface area contributed by atoms with Gasteiger partial charge in [-0.15, -0.1) is 0 Å². The molecule has 0 atom stereocenters. The van der Waals surface area contributed by atoms with E-state index in [2.05, 4.69) is 5.16 Å². The Morgan fingerprint density at radius 3 is 2.26 bits per heavy atom. The largest absolute Gasteiger partial charge is 0.352 e. The van der Waals surface area contributed by atoms with Gasteiger partial charge in [0.25, 0.3) is 0 Å². The van der Waals surface area contributed by atoms with Crippen LogP contribution in [0.1, 0.15) is 43.3 Å². The number of nitrogens with zero attached hydrogens (tertiary/aromatic N) is 1. The zero-order valence-electron chi connectivity index (χ0n) is 11.9. The van der Waals surface area contributed by atoms with Crippen LogP contribution in [0.4, 0.5) is 0 Å². The van der Waals surface area contributed by atoms with Crippen molar-refractivity contribution in [1.82, 2.24) is 5.16 Å². The second kappa shape index (κ2) is 5.18. The highest BCUT2D eigenvalue weighted by atomic mass is 35.5. The number of ketones is 2. The highest BCUT2D eigenvalue weighted by Gasteiger charge is 2.36. The Labute approximate surface area is 136 Å². The van der Waals surface area contributed by atoms with Crippen LogP contribution in [-0.4, -0.2) is 16.7 Å². The van der Waals surface area contributed by atoms with Crippen molar-refractivity contribution in [2.24, 2.45) is 0 Å². The van der Waals surface area contributed by atoms with Crippen molar-refractivity contribution in [2.75, 3.05) is 0 Å². The third kappa shape index (κ3) is 2.19. The summed E-state index contributed by atoms with van der Waals surface area (Å²) in [4.78, 5) is 25.2. The molecular weight excluding hydrogens is 314 g/mol. The van der Waals surface area contributed by atoms with E-state index in [0.717, 1.165) is 5.56 Å². The molecule has 4 nitrogen and oxygen atoms in total. The number of hydrogen-bond donors (Lipinski definition) is 0. The Morgan fingerprint density at radius 2 is 1.57 bits per heavy atom. The summed E-state index contributed by atoms with van der Waals surface area (Å²) in [5, 5.41) is 4.59. The maximum atomic E-state index is 12.7. The lowest BCUT2D eigenvalue weighted by atomic mass is 9.86. The van der Waals surface area contributed by atoms with Gasteiger partial charge in [0.1, 0.15) is 0 Å². The van der Waals surface area contributed by atoms with Gasteiger partial charge in [0.2, 0.25) is 11.5 Å². The van der Waals surface area contributed by atoms with Gasteiger partial charge in [-0.3, -0.25) is 9.59 Å². The Bertz CT molecular complexity index is 941. The van der Waals surface area contributed by atoms with Crippen LogP contribution < -0.4 is 0 Å². The summed E-state index contributed by atoms with van der Waals surface area (Å²) < 4.78 is 5.18. The van der Waals surface area contributed by atoms with Crippen molar-refractivity contribution in [2.45, 2.75) is 6.42 Å². The number of hydrogen-bond acceptors (Lipinski definition) is 4. The second-order valence-corrected chi connectivity index (χ2v) is 5.78. The van der Waals surface area contributed by atoms with Crippen LogP contribution >= 0.6 is 11.6 Å². The number of halogens is 1. The molecule has 3 aromatic rings. The first-order chi connectivity index (χ1) is 11.1. The molecule has 1 aliphatic rings. The van der Waals surface area contributed by atoms with Gasteiger partial charge >= 0.3 is 0 Å². The molecule has 1 heterocycles. The summed E-state index contributed by atoms with van der Waals surface area (Å²) in [6.07, 6.45) is 0.400. The summed E-state index contributed by atoms with van der Waals surface area (Å²) in [7, 11) is 0. The summed E-state index contributed by atoms with van der Waals surface area (Å²) >= 11 is 5.87. The number of carbonyl (C=O) groups excluding carboxylic acids is 2. The molecule has 0 bridgehead atoms. The normalized spacial score (nSPS) is 12.9. The van der Waals surface area contributed by atoms with Crippen LogP contribution in [0.25, 0.3) is 0 Å². The first-order valence-corrected chi connectivity index (χ1v) is 7.44. The van der Waals surface area contributed by atoms with Gasteiger partial charge in [-0.05, 0) is 17.7 Å². The standard InChI is InChI=1S/C18H10ClNO3/c19-11-7-5-10(6-8-11)9-14-15-16(21)12-3-1-2-4-13(12)17(22)18(15)23-20-14/h1-8H,9H2. The summed E-state index contributed by atoms with van der Waals surface area (Å²) in [6, 6.07) is 14.0. The summed E-state index contributed by atoms with van der Waals surface area (Å²) in [5.74, 6) is -0.497. The minimum Gasteiger partial charge on any atom is -0.352 e. The van der Waals surface area contributed by atoms with E-state index in [9.17, 15) is 9.59 Å². The third-order valence-corrected chi connectivity index (χ3v) is 4.15. The predicted octanol–water partition coefficient (Wildman–Crippen LogP) is 3.69. The topological polar surface area (TPSA) is 60.2 Å². The molecule has 0 N–H and O–H groups in total. The van der Waals surface area contributed by atoms with E-state index in [-0.39, 0.29) is 22.9 Å². The van der Waals surface area contributed by atoms with Gasteiger partial charge in [0.05, 0.1) is 11.3 Å². The molecule has 0 saturated carbocycles. The molecule has 0 unspecified atom stereocenters. The van der Waals surface area contributed by atoms with Crippen LogP contribution in [0.5, 0.6) is 0 Å². The molecule has 112 valence electrons. The summed E-state index contributed by atoms with van der Waals surface area (Å²) in [5.41, 5.74) is 2.42. The van der Waals surface area contributed by atoms with E-state index in [1.54, 1.807) is 36.4 Å². The SMILES string of the molecule is O=C1c2ccccc2C(=O)c2c(Cc3ccc(Cl)cc3)noc21. The van der Waals surface area contributed by atoms with E-state index in [1.807, 2.05) is 12.1 Å². The molecule has 0 spiro atoms. The van der Waals surface area contributed by atoms with Gasteiger partial charge in [-0.2, -0.15) is 0 Å². The van der Waals surface area contributed by atoms with Crippen LogP contribution in [-0.2, 0) is 6.42 Å². The minimum atomic E-state index is -0.301.